The predicted molar refractivity (Wildman–Crippen MR) is 82.7 cm³/mol. The van der Waals surface area contributed by atoms with Gasteiger partial charge in [-0.1, -0.05) is 6.92 Å². The quantitative estimate of drug-likeness (QED) is 0.908. The van der Waals surface area contributed by atoms with Crippen molar-refractivity contribution in [2.75, 3.05) is 6.61 Å². The number of hydrogen-bond acceptors (Lipinski definition) is 4. The van der Waals surface area contributed by atoms with E-state index in [0.717, 1.165) is 11.3 Å². The van der Waals surface area contributed by atoms with E-state index < -0.39 is 15.3 Å². The monoisotopic (exact) mass is 317 g/mol. The molecule has 20 heavy (non-hydrogen) atoms. The van der Waals surface area contributed by atoms with Crippen molar-refractivity contribution >= 4 is 21.4 Å². The maximum absolute atomic E-state index is 12.4. The summed E-state index contributed by atoms with van der Waals surface area (Å²) in [6.45, 7) is 8.45. The van der Waals surface area contributed by atoms with Gasteiger partial charge in [-0.15, -0.1) is 11.3 Å². The van der Waals surface area contributed by atoms with E-state index in [0.29, 0.717) is 13.0 Å². The van der Waals surface area contributed by atoms with E-state index in [-0.39, 0.29) is 12.1 Å². The SMILES string of the molecule is CCc1sc([C@H](C)NS(=O)(=O)[C@H]2CCO[C@H]2C)cc1C. The van der Waals surface area contributed by atoms with Gasteiger partial charge >= 0.3 is 0 Å². The van der Waals surface area contributed by atoms with Crippen LogP contribution in [0, 0.1) is 6.92 Å². The Bertz CT molecular complexity index is 565. The van der Waals surface area contributed by atoms with E-state index >= 15 is 0 Å². The second-order valence-electron chi connectivity index (χ2n) is 5.40. The number of sulfonamides is 1. The fourth-order valence-corrected chi connectivity index (χ4v) is 5.60. The molecule has 0 radical (unpaired) electrons. The van der Waals surface area contributed by atoms with E-state index in [9.17, 15) is 8.42 Å². The summed E-state index contributed by atoms with van der Waals surface area (Å²) in [4.78, 5) is 2.40. The fraction of sp³-hybridized carbons (Fsp3) is 0.714. The first-order valence-electron chi connectivity index (χ1n) is 7.07. The van der Waals surface area contributed by atoms with Gasteiger partial charge in [0.25, 0.3) is 0 Å². The lowest BCUT2D eigenvalue weighted by Gasteiger charge is -2.19. The van der Waals surface area contributed by atoms with Gasteiger partial charge in [-0.2, -0.15) is 0 Å². The third-order valence-corrected chi connectivity index (χ3v) is 7.50. The molecular weight excluding hydrogens is 294 g/mol. The molecule has 1 N–H and O–H groups in total. The van der Waals surface area contributed by atoms with Crippen molar-refractivity contribution in [3.63, 3.8) is 0 Å². The predicted octanol–water partition coefficient (Wildman–Crippen LogP) is 2.78. The van der Waals surface area contributed by atoms with Gasteiger partial charge in [0.15, 0.2) is 0 Å². The summed E-state index contributed by atoms with van der Waals surface area (Å²) in [6, 6.07) is 1.91. The van der Waals surface area contributed by atoms with Crippen LogP contribution in [0.1, 0.15) is 48.6 Å². The molecule has 2 heterocycles. The van der Waals surface area contributed by atoms with Crippen molar-refractivity contribution in [1.29, 1.82) is 0 Å². The van der Waals surface area contributed by atoms with Gasteiger partial charge in [0.1, 0.15) is 5.25 Å². The third kappa shape index (κ3) is 3.24. The fourth-order valence-electron chi connectivity index (χ4n) is 2.62. The van der Waals surface area contributed by atoms with E-state index in [1.165, 1.54) is 10.4 Å². The van der Waals surface area contributed by atoms with Gasteiger partial charge in [0.05, 0.1) is 12.1 Å². The van der Waals surface area contributed by atoms with Crippen molar-refractivity contribution in [1.82, 2.24) is 4.72 Å². The molecule has 0 bridgehead atoms. The van der Waals surface area contributed by atoms with Crippen LogP contribution in [0.15, 0.2) is 6.07 Å². The number of hydrogen-bond donors (Lipinski definition) is 1. The molecule has 1 saturated heterocycles. The van der Waals surface area contributed by atoms with Crippen LogP contribution in [-0.4, -0.2) is 26.4 Å². The highest BCUT2D eigenvalue weighted by molar-refractivity contribution is 7.90. The molecule has 0 aliphatic carbocycles. The molecule has 6 heteroatoms. The van der Waals surface area contributed by atoms with Crippen LogP contribution in [0.5, 0.6) is 0 Å². The normalized spacial score (nSPS) is 25.0. The topological polar surface area (TPSA) is 55.4 Å². The molecule has 1 fully saturated rings. The maximum Gasteiger partial charge on any atom is 0.217 e. The number of aryl methyl sites for hydroxylation is 2. The van der Waals surface area contributed by atoms with Crippen molar-refractivity contribution in [3.8, 4) is 0 Å². The first-order valence-corrected chi connectivity index (χ1v) is 9.43. The van der Waals surface area contributed by atoms with Gasteiger partial charge in [0.2, 0.25) is 10.0 Å². The summed E-state index contributed by atoms with van der Waals surface area (Å²) >= 11 is 1.69. The molecule has 0 unspecified atom stereocenters. The lowest BCUT2D eigenvalue weighted by molar-refractivity contribution is 0.126. The van der Waals surface area contributed by atoms with E-state index in [1.807, 2.05) is 13.8 Å². The smallest absolute Gasteiger partial charge is 0.217 e. The molecule has 2 rings (SSSR count). The van der Waals surface area contributed by atoms with Crippen molar-refractivity contribution < 1.29 is 13.2 Å². The summed E-state index contributed by atoms with van der Waals surface area (Å²) in [7, 11) is -3.34. The Labute approximate surface area is 125 Å². The minimum Gasteiger partial charge on any atom is -0.377 e. The molecule has 114 valence electrons. The van der Waals surface area contributed by atoms with Crippen LogP contribution in [0.4, 0.5) is 0 Å². The summed E-state index contributed by atoms with van der Waals surface area (Å²) in [6.07, 6.45) is 1.34. The zero-order valence-corrected chi connectivity index (χ0v) is 14.1. The van der Waals surface area contributed by atoms with Crippen molar-refractivity contribution in [2.24, 2.45) is 0 Å². The van der Waals surface area contributed by atoms with Crippen LogP contribution >= 0.6 is 11.3 Å². The van der Waals surface area contributed by atoms with E-state index in [2.05, 4.69) is 24.6 Å². The number of ether oxygens (including phenoxy) is 1. The van der Waals surface area contributed by atoms with Gasteiger partial charge in [-0.25, -0.2) is 13.1 Å². The average molecular weight is 317 g/mol. The Kier molecular flexibility index (Phi) is 4.89. The molecule has 3 atom stereocenters. The van der Waals surface area contributed by atoms with Crippen molar-refractivity contribution in [2.45, 2.75) is 57.9 Å². The van der Waals surface area contributed by atoms with Crippen LogP contribution in [0.2, 0.25) is 0 Å². The van der Waals surface area contributed by atoms with Gasteiger partial charge < -0.3 is 4.74 Å². The highest BCUT2D eigenvalue weighted by atomic mass is 32.2. The molecule has 1 aliphatic rings. The van der Waals surface area contributed by atoms with E-state index in [4.69, 9.17) is 4.74 Å². The molecule has 1 aromatic heterocycles. The van der Waals surface area contributed by atoms with Crippen LogP contribution in [0.3, 0.4) is 0 Å². The lowest BCUT2D eigenvalue weighted by atomic mass is 10.2. The molecule has 0 amide bonds. The molecule has 0 spiro atoms. The number of nitrogens with one attached hydrogen (secondary N) is 1. The molecule has 4 nitrogen and oxygen atoms in total. The number of rotatable bonds is 5. The summed E-state index contributed by atoms with van der Waals surface area (Å²) in [5.74, 6) is 0. The second kappa shape index (κ2) is 6.13. The van der Waals surface area contributed by atoms with Gasteiger partial charge in [-0.3, -0.25) is 0 Å². The number of thiophene rings is 1. The third-order valence-electron chi connectivity index (χ3n) is 3.83. The van der Waals surface area contributed by atoms with Gasteiger partial charge in [-0.05, 0) is 45.2 Å². The Morgan fingerprint density at radius 1 is 1.55 bits per heavy atom. The Morgan fingerprint density at radius 2 is 2.25 bits per heavy atom. The molecule has 1 aliphatic heterocycles. The average Bonchev–Trinajstić information content (AvgIpc) is 2.94. The highest BCUT2D eigenvalue weighted by Gasteiger charge is 2.36. The van der Waals surface area contributed by atoms with Crippen LogP contribution < -0.4 is 4.72 Å². The zero-order valence-electron chi connectivity index (χ0n) is 12.5. The highest BCUT2D eigenvalue weighted by Crippen LogP contribution is 2.29. The zero-order chi connectivity index (χ0) is 14.9. The molecule has 0 aromatic carbocycles. The minimum atomic E-state index is -3.34. The minimum absolute atomic E-state index is 0.184. The summed E-state index contributed by atoms with van der Waals surface area (Å²) < 4.78 is 33.0. The molecular formula is C14H23NO3S2. The van der Waals surface area contributed by atoms with Crippen molar-refractivity contribution in [3.05, 3.63) is 21.4 Å². The Hall–Kier alpha value is -0.430. The summed E-state index contributed by atoms with van der Waals surface area (Å²) in [5.41, 5.74) is 1.25. The Morgan fingerprint density at radius 3 is 2.75 bits per heavy atom. The summed E-state index contributed by atoms with van der Waals surface area (Å²) in [5, 5.41) is -0.434. The van der Waals surface area contributed by atoms with Crippen LogP contribution in [0.25, 0.3) is 0 Å². The Balaban J connectivity index is 2.12. The molecule has 0 saturated carbocycles. The first-order chi connectivity index (χ1) is 9.35. The first kappa shape index (κ1) is 15.9. The van der Waals surface area contributed by atoms with Crippen LogP contribution in [-0.2, 0) is 21.2 Å². The second-order valence-corrected chi connectivity index (χ2v) is 8.50. The largest absolute Gasteiger partial charge is 0.377 e. The molecule has 1 aromatic rings. The van der Waals surface area contributed by atoms with E-state index in [1.54, 1.807) is 11.3 Å². The standard InChI is InChI=1S/C14H23NO3S2/c1-5-12-9(2)8-13(19-12)10(3)15-20(16,17)14-6-7-18-11(14)4/h8,10-11,14-15H,5-7H2,1-4H3/t10-,11-,14-/m0/s1. The maximum atomic E-state index is 12.4. The van der Waals surface area contributed by atoms with Gasteiger partial charge in [0, 0.05) is 16.4 Å². The lowest BCUT2D eigenvalue weighted by Crippen LogP contribution is -2.39.